The second kappa shape index (κ2) is 6.38. The van der Waals surface area contributed by atoms with Gasteiger partial charge in [0.1, 0.15) is 0 Å². The van der Waals surface area contributed by atoms with Gasteiger partial charge in [0.2, 0.25) is 0 Å². The molecule has 2 nitrogen and oxygen atoms in total. The van der Waals surface area contributed by atoms with Gasteiger partial charge in [0, 0.05) is 24.6 Å². The van der Waals surface area contributed by atoms with E-state index in [1.54, 1.807) is 0 Å². The molecule has 2 rings (SSSR count). The predicted octanol–water partition coefficient (Wildman–Crippen LogP) is 5.29. The van der Waals surface area contributed by atoms with Gasteiger partial charge in [-0.3, -0.25) is 0 Å². The summed E-state index contributed by atoms with van der Waals surface area (Å²) in [5.41, 5.74) is 3.02. The standard InChI is InChI=1S/C17H27BrN2/c1-17(2)10-5-6-14(9-11-17)19-15-12-13(18)7-8-16(15)20(3)4/h7-8,12,14,19H,5-6,9-11H2,1-4H3. The average Bonchev–Trinajstić information content (AvgIpc) is 2.51. The van der Waals surface area contributed by atoms with Gasteiger partial charge in [0.25, 0.3) is 0 Å². The third-order valence-corrected chi connectivity index (χ3v) is 4.87. The van der Waals surface area contributed by atoms with E-state index < -0.39 is 0 Å². The summed E-state index contributed by atoms with van der Waals surface area (Å²) in [6.45, 7) is 4.81. The number of nitrogens with one attached hydrogen (secondary N) is 1. The van der Waals surface area contributed by atoms with Crippen molar-refractivity contribution in [2.45, 2.75) is 52.0 Å². The Morgan fingerprint density at radius 3 is 2.65 bits per heavy atom. The molecule has 1 aromatic rings. The van der Waals surface area contributed by atoms with Crippen molar-refractivity contribution in [2.24, 2.45) is 5.41 Å². The number of hydrogen-bond donors (Lipinski definition) is 1. The van der Waals surface area contributed by atoms with Crippen LogP contribution in [0.15, 0.2) is 22.7 Å². The van der Waals surface area contributed by atoms with Gasteiger partial charge < -0.3 is 10.2 Å². The Morgan fingerprint density at radius 1 is 1.20 bits per heavy atom. The van der Waals surface area contributed by atoms with E-state index in [4.69, 9.17) is 0 Å². The highest BCUT2D eigenvalue weighted by Crippen LogP contribution is 2.36. The van der Waals surface area contributed by atoms with Crippen LogP contribution in [0.1, 0.15) is 46.0 Å². The van der Waals surface area contributed by atoms with Crippen LogP contribution in [-0.4, -0.2) is 20.1 Å². The van der Waals surface area contributed by atoms with Gasteiger partial charge >= 0.3 is 0 Å². The molecule has 1 fully saturated rings. The zero-order valence-electron chi connectivity index (χ0n) is 13.2. The highest BCUT2D eigenvalue weighted by atomic mass is 79.9. The number of nitrogens with zero attached hydrogens (tertiary/aromatic N) is 1. The molecule has 1 N–H and O–H groups in total. The minimum absolute atomic E-state index is 0.512. The van der Waals surface area contributed by atoms with Gasteiger partial charge in [-0.15, -0.1) is 0 Å². The Kier molecular flexibility index (Phi) is 5.00. The lowest BCUT2D eigenvalue weighted by Gasteiger charge is -2.25. The van der Waals surface area contributed by atoms with Crippen LogP contribution in [0, 0.1) is 5.41 Å². The number of anilines is 2. The smallest absolute Gasteiger partial charge is 0.0597 e. The first-order chi connectivity index (χ1) is 9.37. The molecule has 0 aromatic heterocycles. The van der Waals surface area contributed by atoms with Gasteiger partial charge in [-0.25, -0.2) is 0 Å². The minimum Gasteiger partial charge on any atom is -0.381 e. The number of hydrogen-bond acceptors (Lipinski definition) is 2. The largest absolute Gasteiger partial charge is 0.381 e. The first-order valence-corrected chi connectivity index (χ1v) is 8.40. The highest BCUT2D eigenvalue weighted by molar-refractivity contribution is 9.10. The van der Waals surface area contributed by atoms with Crippen LogP contribution < -0.4 is 10.2 Å². The van der Waals surface area contributed by atoms with Crippen LogP contribution >= 0.6 is 15.9 Å². The Morgan fingerprint density at radius 2 is 1.95 bits per heavy atom. The first-order valence-electron chi connectivity index (χ1n) is 7.61. The Labute approximate surface area is 132 Å². The summed E-state index contributed by atoms with van der Waals surface area (Å²) in [6.07, 6.45) is 6.55. The maximum atomic E-state index is 3.78. The fourth-order valence-electron chi connectivity index (χ4n) is 3.04. The third-order valence-electron chi connectivity index (χ3n) is 4.38. The van der Waals surface area contributed by atoms with E-state index in [2.05, 4.69) is 72.3 Å². The maximum Gasteiger partial charge on any atom is 0.0597 e. The normalized spacial score (nSPS) is 22.1. The van der Waals surface area contributed by atoms with Gasteiger partial charge in [-0.2, -0.15) is 0 Å². The van der Waals surface area contributed by atoms with Gasteiger partial charge in [-0.1, -0.05) is 36.2 Å². The number of halogens is 1. The molecule has 0 amide bonds. The summed E-state index contributed by atoms with van der Waals surface area (Å²) < 4.78 is 1.14. The SMILES string of the molecule is CN(C)c1ccc(Br)cc1NC1CCCC(C)(C)CC1. The highest BCUT2D eigenvalue weighted by Gasteiger charge is 2.24. The first kappa shape index (κ1) is 15.7. The van der Waals surface area contributed by atoms with Crippen molar-refractivity contribution in [3.8, 4) is 0 Å². The Balaban J connectivity index is 2.11. The summed E-state index contributed by atoms with van der Waals surface area (Å²) in [4.78, 5) is 2.18. The molecule has 0 aliphatic heterocycles. The lowest BCUT2D eigenvalue weighted by molar-refractivity contribution is 0.313. The van der Waals surface area contributed by atoms with Crippen molar-refractivity contribution in [3.63, 3.8) is 0 Å². The van der Waals surface area contributed by atoms with Crippen molar-refractivity contribution >= 4 is 27.3 Å². The second-order valence-corrected chi connectivity index (χ2v) is 7.91. The summed E-state index contributed by atoms with van der Waals surface area (Å²) in [5, 5.41) is 3.78. The van der Waals surface area contributed by atoms with E-state index in [0.29, 0.717) is 11.5 Å². The number of benzene rings is 1. The lowest BCUT2D eigenvalue weighted by Crippen LogP contribution is -2.21. The van der Waals surface area contributed by atoms with E-state index in [9.17, 15) is 0 Å². The van der Waals surface area contributed by atoms with Crippen molar-refractivity contribution in [2.75, 3.05) is 24.3 Å². The van der Waals surface area contributed by atoms with E-state index in [0.717, 1.165) is 4.47 Å². The van der Waals surface area contributed by atoms with Crippen LogP contribution in [-0.2, 0) is 0 Å². The van der Waals surface area contributed by atoms with Crippen LogP contribution in [0.2, 0.25) is 0 Å². The maximum absolute atomic E-state index is 3.78. The Bertz CT molecular complexity index is 454. The number of rotatable bonds is 3. The molecule has 1 atom stereocenters. The van der Waals surface area contributed by atoms with E-state index in [1.807, 2.05) is 0 Å². The van der Waals surface area contributed by atoms with Crippen molar-refractivity contribution < 1.29 is 0 Å². The van der Waals surface area contributed by atoms with Crippen LogP contribution in [0.3, 0.4) is 0 Å². The molecule has 0 saturated heterocycles. The fraction of sp³-hybridized carbons (Fsp3) is 0.647. The molecule has 20 heavy (non-hydrogen) atoms. The monoisotopic (exact) mass is 338 g/mol. The molecule has 1 aliphatic carbocycles. The Hall–Kier alpha value is -0.700. The fourth-order valence-corrected chi connectivity index (χ4v) is 3.40. The molecule has 112 valence electrons. The molecule has 1 aliphatic rings. The van der Waals surface area contributed by atoms with E-state index in [1.165, 1.54) is 43.5 Å². The molecular formula is C17H27BrN2. The molecule has 0 spiro atoms. The molecule has 3 heteroatoms. The van der Waals surface area contributed by atoms with Gasteiger partial charge in [0.15, 0.2) is 0 Å². The van der Waals surface area contributed by atoms with Crippen LogP contribution in [0.4, 0.5) is 11.4 Å². The summed E-state index contributed by atoms with van der Waals surface area (Å²) in [5.74, 6) is 0. The van der Waals surface area contributed by atoms with E-state index >= 15 is 0 Å². The van der Waals surface area contributed by atoms with Crippen molar-refractivity contribution in [3.05, 3.63) is 22.7 Å². The molecule has 0 heterocycles. The van der Waals surface area contributed by atoms with E-state index in [-0.39, 0.29) is 0 Å². The second-order valence-electron chi connectivity index (χ2n) is 6.99. The summed E-state index contributed by atoms with van der Waals surface area (Å²) in [7, 11) is 4.20. The average molecular weight is 339 g/mol. The van der Waals surface area contributed by atoms with Crippen molar-refractivity contribution in [1.29, 1.82) is 0 Å². The lowest BCUT2D eigenvalue weighted by atomic mass is 9.85. The van der Waals surface area contributed by atoms with Gasteiger partial charge in [0.05, 0.1) is 11.4 Å². The minimum atomic E-state index is 0.512. The molecule has 0 bridgehead atoms. The molecular weight excluding hydrogens is 312 g/mol. The van der Waals surface area contributed by atoms with Gasteiger partial charge in [-0.05, 0) is 49.3 Å². The zero-order chi connectivity index (χ0) is 14.8. The topological polar surface area (TPSA) is 15.3 Å². The molecule has 1 saturated carbocycles. The summed E-state index contributed by atoms with van der Waals surface area (Å²) >= 11 is 3.59. The van der Waals surface area contributed by atoms with Crippen LogP contribution in [0.5, 0.6) is 0 Å². The van der Waals surface area contributed by atoms with Crippen LogP contribution in [0.25, 0.3) is 0 Å². The quantitative estimate of drug-likeness (QED) is 0.753. The molecule has 0 radical (unpaired) electrons. The molecule has 1 unspecified atom stereocenters. The van der Waals surface area contributed by atoms with Crippen molar-refractivity contribution in [1.82, 2.24) is 0 Å². The zero-order valence-corrected chi connectivity index (χ0v) is 14.8. The predicted molar refractivity (Wildman–Crippen MR) is 92.7 cm³/mol. The molecule has 1 aromatic carbocycles. The third kappa shape index (κ3) is 4.15. The summed E-state index contributed by atoms with van der Waals surface area (Å²) in [6, 6.07) is 7.08.